The van der Waals surface area contributed by atoms with Gasteiger partial charge in [-0.25, -0.2) is 15.0 Å². The molecule has 128 valence electrons. The topological polar surface area (TPSA) is 84.7 Å². The van der Waals surface area contributed by atoms with E-state index in [1.807, 2.05) is 29.8 Å². The van der Waals surface area contributed by atoms with E-state index >= 15 is 0 Å². The molecular weight excluding hydrogens is 316 g/mol. The summed E-state index contributed by atoms with van der Waals surface area (Å²) in [6, 6.07) is 6.09. The van der Waals surface area contributed by atoms with Crippen LogP contribution in [0.5, 0.6) is 0 Å². The summed E-state index contributed by atoms with van der Waals surface area (Å²) in [5, 5.41) is 6.31. The second-order valence-electron chi connectivity index (χ2n) is 6.37. The maximum absolute atomic E-state index is 12.3. The number of aryl methyl sites for hydroxylation is 1. The molecule has 1 fully saturated rings. The van der Waals surface area contributed by atoms with E-state index in [0.29, 0.717) is 11.4 Å². The molecule has 1 saturated heterocycles. The van der Waals surface area contributed by atoms with Crippen LogP contribution >= 0.6 is 0 Å². The molecular formula is C18H20N6O. The summed E-state index contributed by atoms with van der Waals surface area (Å²) in [6.07, 6.45) is 7.02. The molecule has 1 aromatic carbocycles. The number of hydrogen-bond acceptors (Lipinski definition) is 5. The van der Waals surface area contributed by atoms with Crippen molar-refractivity contribution in [2.45, 2.75) is 18.9 Å². The number of amides is 1. The molecule has 1 unspecified atom stereocenters. The highest BCUT2D eigenvalue weighted by atomic mass is 16.1. The third-order valence-corrected chi connectivity index (χ3v) is 4.53. The van der Waals surface area contributed by atoms with Crippen LogP contribution in [0.25, 0.3) is 22.4 Å². The lowest BCUT2D eigenvalue weighted by molar-refractivity contribution is 0.0930. The first-order chi connectivity index (χ1) is 12.2. The molecule has 25 heavy (non-hydrogen) atoms. The largest absolute Gasteiger partial charge is 0.348 e. The zero-order valence-corrected chi connectivity index (χ0v) is 14.1. The molecule has 2 aromatic heterocycles. The molecule has 0 saturated carbocycles. The van der Waals surface area contributed by atoms with Crippen molar-refractivity contribution in [3.05, 3.63) is 42.5 Å². The maximum Gasteiger partial charge on any atom is 0.254 e. The van der Waals surface area contributed by atoms with Gasteiger partial charge in [-0.3, -0.25) is 4.79 Å². The summed E-state index contributed by atoms with van der Waals surface area (Å²) in [7, 11) is 1.96. The van der Waals surface area contributed by atoms with Crippen LogP contribution in [0.15, 0.2) is 36.9 Å². The maximum atomic E-state index is 12.3. The number of piperidine rings is 1. The molecule has 1 amide bonds. The van der Waals surface area contributed by atoms with E-state index in [-0.39, 0.29) is 11.9 Å². The average molecular weight is 336 g/mol. The Labute approximate surface area is 145 Å². The Kier molecular flexibility index (Phi) is 4.15. The van der Waals surface area contributed by atoms with Gasteiger partial charge in [0.1, 0.15) is 0 Å². The number of nitrogens with one attached hydrogen (secondary N) is 2. The Balaban J connectivity index is 1.51. The fraction of sp³-hybridized carbons (Fsp3) is 0.333. The highest BCUT2D eigenvalue weighted by Gasteiger charge is 2.17. The fourth-order valence-electron chi connectivity index (χ4n) is 3.11. The van der Waals surface area contributed by atoms with E-state index in [4.69, 9.17) is 0 Å². The van der Waals surface area contributed by atoms with E-state index in [2.05, 4.69) is 25.6 Å². The Morgan fingerprint density at radius 3 is 2.88 bits per heavy atom. The summed E-state index contributed by atoms with van der Waals surface area (Å²) in [4.78, 5) is 25.4. The first-order valence-corrected chi connectivity index (χ1v) is 8.46. The smallest absolute Gasteiger partial charge is 0.254 e. The van der Waals surface area contributed by atoms with Crippen LogP contribution in [0.4, 0.5) is 0 Å². The van der Waals surface area contributed by atoms with Gasteiger partial charge in [-0.2, -0.15) is 0 Å². The Morgan fingerprint density at radius 1 is 1.28 bits per heavy atom. The average Bonchev–Trinajstić information content (AvgIpc) is 3.03. The lowest BCUT2D eigenvalue weighted by Gasteiger charge is -2.23. The van der Waals surface area contributed by atoms with Gasteiger partial charge >= 0.3 is 0 Å². The Hall–Kier alpha value is -2.80. The van der Waals surface area contributed by atoms with Gasteiger partial charge in [0.05, 0.1) is 22.9 Å². The van der Waals surface area contributed by atoms with Gasteiger partial charge in [-0.05, 0) is 37.6 Å². The third-order valence-electron chi connectivity index (χ3n) is 4.53. The van der Waals surface area contributed by atoms with E-state index in [9.17, 15) is 4.79 Å². The first kappa shape index (κ1) is 15.7. The van der Waals surface area contributed by atoms with Crippen molar-refractivity contribution in [1.29, 1.82) is 0 Å². The fourth-order valence-corrected chi connectivity index (χ4v) is 3.11. The molecule has 0 spiro atoms. The minimum Gasteiger partial charge on any atom is -0.348 e. The second kappa shape index (κ2) is 6.60. The molecule has 7 nitrogen and oxygen atoms in total. The number of carbonyl (C=O) groups is 1. The number of hydrogen-bond donors (Lipinski definition) is 2. The molecule has 4 rings (SSSR count). The molecule has 0 bridgehead atoms. The van der Waals surface area contributed by atoms with E-state index in [1.54, 1.807) is 18.7 Å². The minimum atomic E-state index is -0.125. The van der Waals surface area contributed by atoms with Crippen molar-refractivity contribution in [2.75, 3.05) is 13.1 Å². The number of fused-ring (bicyclic) bond motifs is 1. The molecule has 2 N–H and O–H groups in total. The first-order valence-electron chi connectivity index (χ1n) is 8.46. The molecule has 3 heterocycles. The third kappa shape index (κ3) is 3.23. The van der Waals surface area contributed by atoms with Gasteiger partial charge in [0.2, 0.25) is 0 Å². The number of aromatic nitrogens is 4. The molecule has 0 radical (unpaired) electrons. The van der Waals surface area contributed by atoms with Crippen LogP contribution in [0, 0.1) is 0 Å². The Bertz CT molecular complexity index is 896. The van der Waals surface area contributed by atoms with Crippen molar-refractivity contribution in [3.63, 3.8) is 0 Å². The van der Waals surface area contributed by atoms with Crippen molar-refractivity contribution < 1.29 is 4.79 Å². The van der Waals surface area contributed by atoms with Gasteiger partial charge in [0, 0.05) is 37.6 Å². The molecule has 1 aliphatic rings. The number of nitrogens with zero attached hydrogens (tertiary/aromatic N) is 4. The van der Waals surface area contributed by atoms with Crippen molar-refractivity contribution >= 4 is 16.9 Å². The van der Waals surface area contributed by atoms with Gasteiger partial charge in [-0.15, -0.1) is 0 Å². The number of rotatable bonds is 3. The number of imidazole rings is 1. The zero-order valence-electron chi connectivity index (χ0n) is 14.1. The van der Waals surface area contributed by atoms with Crippen molar-refractivity contribution in [3.8, 4) is 11.4 Å². The van der Waals surface area contributed by atoms with E-state index in [1.165, 1.54) is 0 Å². The van der Waals surface area contributed by atoms with Crippen LogP contribution < -0.4 is 10.6 Å². The standard InChI is InChI=1S/C18H20N6O/c1-24-11-22-15-7-12(4-5-16(15)24)17-20-8-13(9-21-17)18(25)23-14-3-2-6-19-10-14/h4-5,7-9,11,14,19H,2-3,6,10H2,1H3,(H,23,25). The molecule has 1 aliphatic heterocycles. The Morgan fingerprint density at radius 2 is 2.12 bits per heavy atom. The minimum absolute atomic E-state index is 0.125. The predicted molar refractivity (Wildman–Crippen MR) is 95.1 cm³/mol. The highest BCUT2D eigenvalue weighted by Crippen LogP contribution is 2.20. The SMILES string of the molecule is Cn1cnc2cc(-c3ncc(C(=O)NC4CCCNC4)cn3)ccc21. The predicted octanol–water partition coefficient (Wildman–Crippen LogP) is 1.51. The summed E-state index contributed by atoms with van der Waals surface area (Å²) < 4.78 is 1.97. The van der Waals surface area contributed by atoms with Crippen LogP contribution in [-0.4, -0.2) is 44.6 Å². The normalized spacial score (nSPS) is 17.6. The molecule has 1 atom stereocenters. The summed E-state index contributed by atoms with van der Waals surface area (Å²) in [6.45, 7) is 1.83. The van der Waals surface area contributed by atoms with Gasteiger partial charge in [0.15, 0.2) is 5.82 Å². The summed E-state index contributed by atoms with van der Waals surface area (Å²) >= 11 is 0. The van der Waals surface area contributed by atoms with Crippen LogP contribution in [0.2, 0.25) is 0 Å². The van der Waals surface area contributed by atoms with Crippen LogP contribution in [0.1, 0.15) is 23.2 Å². The lowest BCUT2D eigenvalue weighted by Crippen LogP contribution is -2.45. The lowest BCUT2D eigenvalue weighted by atomic mass is 10.1. The number of carbonyl (C=O) groups excluding carboxylic acids is 1. The van der Waals surface area contributed by atoms with Crippen LogP contribution in [-0.2, 0) is 7.05 Å². The van der Waals surface area contributed by atoms with Gasteiger partial charge in [0.25, 0.3) is 5.91 Å². The summed E-state index contributed by atoms with van der Waals surface area (Å²) in [5.74, 6) is 0.462. The van der Waals surface area contributed by atoms with Gasteiger partial charge < -0.3 is 15.2 Å². The van der Waals surface area contributed by atoms with E-state index < -0.39 is 0 Å². The number of benzene rings is 1. The van der Waals surface area contributed by atoms with Gasteiger partial charge in [-0.1, -0.05) is 0 Å². The second-order valence-corrected chi connectivity index (χ2v) is 6.37. The molecule has 0 aliphatic carbocycles. The highest BCUT2D eigenvalue weighted by molar-refractivity contribution is 5.94. The summed E-state index contributed by atoms with van der Waals surface area (Å²) in [5.41, 5.74) is 3.32. The zero-order chi connectivity index (χ0) is 17.2. The van der Waals surface area contributed by atoms with Crippen molar-refractivity contribution in [2.24, 2.45) is 7.05 Å². The van der Waals surface area contributed by atoms with Crippen molar-refractivity contribution in [1.82, 2.24) is 30.2 Å². The molecule has 7 heteroatoms. The van der Waals surface area contributed by atoms with E-state index in [0.717, 1.165) is 42.5 Å². The monoisotopic (exact) mass is 336 g/mol. The quantitative estimate of drug-likeness (QED) is 0.757. The van der Waals surface area contributed by atoms with Crippen LogP contribution in [0.3, 0.4) is 0 Å². The molecule has 3 aromatic rings.